The number of piperazine rings is 1. The van der Waals surface area contributed by atoms with Crippen LogP contribution in [0.25, 0.3) is 5.69 Å². The highest BCUT2D eigenvalue weighted by Gasteiger charge is 2.27. The van der Waals surface area contributed by atoms with Crippen molar-refractivity contribution < 1.29 is 18.3 Å². The van der Waals surface area contributed by atoms with Crippen LogP contribution in [0.1, 0.15) is 51.8 Å². The molecule has 1 amide bonds. The van der Waals surface area contributed by atoms with Crippen molar-refractivity contribution in [1.29, 1.82) is 0 Å². The fourth-order valence-electron chi connectivity index (χ4n) is 3.55. The highest BCUT2D eigenvalue weighted by Crippen LogP contribution is 2.26. The summed E-state index contributed by atoms with van der Waals surface area (Å²) in [7, 11) is 0. The molecule has 8 heteroatoms. The van der Waals surface area contributed by atoms with Gasteiger partial charge in [0.15, 0.2) is 5.82 Å². The second kappa shape index (κ2) is 9.24. The number of benzene rings is 1. The number of aromatic nitrogens is 2. The van der Waals surface area contributed by atoms with Gasteiger partial charge in [-0.1, -0.05) is 26.0 Å². The van der Waals surface area contributed by atoms with Crippen molar-refractivity contribution in [2.75, 3.05) is 31.1 Å². The third kappa shape index (κ3) is 5.95. The van der Waals surface area contributed by atoms with Crippen molar-refractivity contribution in [2.45, 2.75) is 59.0 Å². The molecule has 1 aromatic heterocycles. The SMILES string of the molecule is CC(C)c1cc(N2CCN(C(=O)OC(C)(C)C)CC2)nn1-c1ccc(CC(F)F)cc1. The molecule has 1 aliphatic heterocycles. The van der Waals surface area contributed by atoms with Crippen LogP contribution < -0.4 is 4.90 Å². The van der Waals surface area contributed by atoms with E-state index in [9.17, 15) is 13.6 Å². The Hall–Kier alpha value is -2.64. The summed E-state index contributed by atoms with van der Waals surface area (Å²) in [4.78, 5) is 16.2. The molecule has 3 rings (SSSR count). The first-order valence-electron chi connectivity index (χ1n) is 10.7. The molecule has 1 fully saturated rings. The second-order valence-corrected chi connectivity index (χ2v) is 9.21. The number of hydrogen-bond donors (Lipinski definition) is 0. The molecule has 0 aliphatic carbocycles. The van der Waals surface area contributed by atoms with Gasteiger partial charge in [0.2, 0.25) is 6.43 Å². The summed E-state index contributed by atoms with van der Waals surface area (Å²) in [5.41, 5.74) is 1.99. The van der Waals surface area contributed by atoms with E-state index in [0.717, 1.165) is 17.2 Å². The van der Waals surface area contributed by atoms with Crippen molar-refractivity contribution >= 4 is 11.9 Å². The Bertz CT molecular complexity index is 880. The van der Waals surface area contributed by atoms with Gasteiger partial charge in [-0.25, -0.2) is 18.3 Å². The Morgan fingerprint density at radius 2 is 1.71 bits per heavy atom. The predicted molar refractivity (Wildman–Crippen MR) is 117 cm³/mol. The van der Waals surface area contributed by atoms with E-state index < -0.39 is 12.0 Å². The van der Waals surface area contributed by atoms with Gasteiger partial charge in [-0.3, -0.25) is 0 Å². The topological polar surface area (TPSA) is 50.6 Å². The van der Waals surface area contributed by atoms with Gasteiger partial charge in [-0.05, 0) is 44.4 Å². The maximum atomic E-state index is 12.6. The zero-order valence-electron chi connectivity index (χ0n) is 18.9. The fourth-order valence-corrected chi connectivity index (χ4v) is 3.55. The number of alkyl halides is 2. The number of halogens is 2. The molecule has 1 saturated heterocycles. The van der Waals surface area contributed by atoms with E-state index in [1.54, 1.807) is 17.0 Å². The van der Waals surface area contributed by atoms with Crippen LogP contribution in [0.3, 0.4) is 0 Å². The third-order valence-electron chi connectivity index (χ3n) is 5.14. The molecule has 1 aliphatic rings. The fraction of sp³-hybridized carbons (Fsp3) is 0.565. The van der Waals surface area contributed by atoms with Gasteiger partial charge in [-0.2, -0.15) is 5.10 Å². The van der Waals surface area contributed by atoms with E-state index in [1.165, 1.54) is 0 Å². The molecular weight excluding hydrogens is 402 g/mol. The van der Waals surface area contributed by atoms with Crippen molar-refractivity contribution in [3.05, 3.63) is 41.6 Å². The minimum Gasteiger partial charge on any atom is -0.444 e. The highest BCUT2D eigenvalue weighted by molar-refractivity contribution is 5.68. The van der Waals surface area contributed by atoms with Crippen LogP contribution in [0.4, 0.5) is 19.4 Å². The van der Waals surface area contributed by atoms with E-state index in [1.807, 2.05) is 37.6 Å². The average molecular weight is 435 g/mol. The summed E-state index contributed by atoms with van der Waals surface area (Å²) in [5, 5.41) is 4.81. The minimum atomic E-state index is -2.35. The Morgan fingerprint density at radius 3 is 2.23 bits per heavy atom. The average Bonchev–Trinajstić information content (AvgIpc) is 3.13. The lowest BCUT2D eigenvalue weighted by atomic mass is 10.1. The molecular formula is C23H32F2N4O2. The zero-order valence-corrected chi connectivity index (χ0v) is 18.9. The molecule has 31 heavy (non-hydrogen) atoms. The number of ether oxygens (including phenoxy) is 1. The van der Waals surface area contributed by atoms with Crippen molar-refractivity contribution in [2.24, 2.45) is 0 Å². The van der Waals surface area contributed by atoms with E-state index in [4.69, 9.17) is 9.84 Å². The first-order chi connectivity index (χ1) is 14.5. The summed E-state index contributed by atoms with van der Waals surface area (Å²) in [5.74, 6) is 1.09. The predicted octanol–water partition coefficient (Wildman–Crippen LogP) is 4.86. The zero-order chi connectivity index (χ0) is 22.8. The van der Waals surface area contributed by atoms with Crippen LogP contribution in [0.15, 0.2) is 30.3 Å². The quantitative estimate of drug-likeness (QED) is 0.674. The van der Waals surface area contributed by atoms with Crippen LogP contribution in [-0.2, 0) is 11.2 Å². The lowest BCUT2D eigenvalue weighted by Gasteiger charge is -2.35. The van der Waals surface area contributed by atoms with Crippen molar-refractivity contribution in [3.63, 3.8) is 0 Å². The summed E-state index contributed by atoms with van der Waals surface area (Å²) < 4.78 is 32.6. The Labute approximate surface area is 182 Å². The monoisotopic (exact) mass is 434 g/mol. The molecule has 0 radical (unpaired) electrons. The van der Waals surface area contributed by atoms with E-state index in [-0.39, 0.29) is 18.4 Å². The molecule has 0 N–H and O–H groups in total. The number of amides is 1. The Kier molecular flexibility index (Phi) is 6.86. The van der Waals surface area contributed by atoms with Gasteiger partial charge >= 0.3 is 6.09 Å². The molecule has 170 valence electrons. The molecule has 2 heterocycles. The standard InChI is InChI=1S/C23H32F2N4O2/c1-16(2)19-15-21(26-29(19)18-8-6-17(7-9-18)14-20(24)25)27-10-12-28(13-11-27)22(30)31-23(3,4)5/h6-9,15-16,20H,10-14H2,1-5H3. The van der Waals surface area contributed by atoms with Gasteiger partial charge in [0.1, 0.15) is 5.60 Å². The summed E-state index contributed by atoms with van der Waals surface area (Å²) >= 11 is 0. The third-order valence-corrected chi connectivity index (χ3v) is 5.14. The van der Waals surface area contributed by atoms with E-state index in [0.29, 0.717) is 31.7 Å². The van der Waals surface area contributed by atoms with Crippen LogP contribution in [0.5, 0.6) is 0 Å². The van der Waals surface area contributed by atoms with Gasteiger partial charge < -0.3 is 14.5 Å². The lowest BCUT2D eigenvalue weighted by Crippen LogP contribution is -2.50. The minimum absolute atomic E-state index is 0.241. The maximum absolute atomic E-state index is 12.6. The Morgan fingerprint density at radius 1 is 1.10 bits per heavy atom. The number of carbonyl (C=O) groups is 1. The van der Waals surface area contributed by atoms with Crippen LogP contribution in [-0.4, -0.2) is 59.0 Å². The summed E-state index contributed by atoms with van der Waals surface area (Å²) in [6.45, 7) is 12.3. The van der Waals surface area contributed by atoms with Gasteiger partial charge in [0.05, 0.1) is 5.69 Å². The molecule has 6 nitrogen and oxygen atoms in total. The number of hydrogen-bond acceptors (Lipinski definition) is 4. The normalized spacial score (nSPS) is 15.1. The summed E-state index contributed by atoms with van der Waals surface area (Å²) in [6.07, 6.45) is -2.89. The number of nitrogens with zero attached hydrogens (tertiary/aromatic N) is 4. The molecule has 0 unspecified atom stereocenters. The molecule has 0 atom stereocenters. The summed E-state index contributed by atoms with van der Waals surface area (Å²) in [6, 6.07) is 9.20. The van der Waals surface area contributed by atoms with Crippen LogP contribution >= 0.6 is 0 Å². The van der Waals surface area contributed by atoms with Gasteiger partial charge in [0.25, 0.3) is 0 Å². The van der Waals surface area contributed by atoms with Crippen molar-refractivity contribution in [1.82, 2.24) is 14.7 Å². The molecule has 0 bridgehead atoms. The first kappa shape index (κ1) is 23.0. The van der Waals surface area contributed by atoms with E-state index in [2.05, 4.69) is 24.8 Å². The smallest absolute Gasteiger partial charge is 0.410 e. The maximum Gasteiger partial charge on any atom is 0.410 e. The molecule has 2 aromatic rings. The molecule has 0 saturated carbocycles. The molecule has 0 spiro atoms. The Balaban J connectivity index is 1.73. The lowest BCUT2D eigenvalue weighted by molar-refractivity contribution is 0.0240. The highest BCUT2D eigenvalue weighted by atomic mass is 19.3. The van der Waals surface area contributed by atoms with Gasteiger partial charge in [0, 0.05) is 44.4 Å². The number of carbonyl (C=O) groups excluding carboxylic acids is 1. The van der Waals surface area contributed by atoms with Gasteiger partial charge in [-0.15, -0.1) is 0 Å². The number of anilines is 1. The van der Waals surface area contributed by atoms with Crippen LogP contribution in [0, 0.1) is 0 Å². The molecule has 1 aromatic carbocycles. The largest absolute Gasteiger partial charge is 0.444 e. The van der Waals surface area contributed by atoms with E-state index >= 15 is 0 Å². The first-order valence-corrected chi connectivity index (χ1v) is 10.7. The second-order valence-electron chi connectivity index (χ2n) is 9.21. The number of rotatable bonds is 5. The van der Waals surface area contributed by atoms with Crippen LogP contribution in [0.2, 0.25) is 0 Å². The van der Waals surface area contributed by atoms with Crippen molar-refractivity contribution in [3.8, 4) is 5.69 Å².